The molecule has 0 spiro atoms. The lowest BCUT2D eigenvalue weighted by molar-refractivity contribution is -0.154. The average Bonchev–Trinajstić information content (AvgIpc) is 3.05. The molecule has 9 heteroatoms. The van der Waals surface area contributed by atoms with E-state index in [-0.39, 0.29) is 27.1 Å². The molecule has 0 radical (unpaired) electrons. The quantitative estimate of drug-likeness (QED) is 0.351. The maximum Gasteiger partial charge on any atom is 0.273 e. The molecule has 4 rings (SSSR count). The number of allylic oxidation sites excluding steroid dienone is 2. The number of ketones is 1. The van der Waals surface area contributed by atoms with Crippen LogP contribution in [0.15, 0.2) is 54.6 Å². The molecule has 1 aliphatic carbocycles. The van der Waals surface area contributed by atoms with Crippen molar-refractivity contribution < 1.29 is 23.6 Å². The zero-order valence-corrected chi connectivity index (χ0v) is 19.0. The van der Waals surface area contributed by atoms with Gasteiger partial charge in [0.05, 0.1) is 21.9 Å². The number of hydrogen-bond acceptors (Lipinski definition) is 4. The SMILES string of the molecule is C[C@@H]1C=CC[C@H]2C(=O)N(N(CC(=O)c3ccc(F)cc3)C(=O)c3ccc(Cl)c(Cl)c3)C(=O)[C@@H]12. The van der Waals surface area contributed by atoms with Crippen LogP contribution in [-0.4, -0.2) is 40.1 Å². The molecule has 2 aliphatic rings. The third-order valence-electron chi connectivity index (χ3n) is 5.95. The number of hydrogen-bond donors (Lipinski definition) is 0. The number of rotatable bonds is 5. The van der Waals surface area contributed by atoms with Crippen molar-refractivity contribution in [2.24, 2.45) is 17.8 Å². The standard InChI is InChI=1S/C24H19Cl2FN2O4/c1-13-3-2-4-17-21(13)24(33)29(23(17)32)28(12-20(30)14-5-8-16(27)9-6-14)22(31)15-7-10-18(25)19(26)11-15/h2-3,5-11,13,17,21H,4,12H2,1H3/t13-,17-,21+/m1/s1. The molecule has 0 aromatic heterocycles. The lowest BCUT2D eigenvalue weighted by Crippen LogP contribution is -2.52. The maximum atomic E-state index is 13.4. The number of Topliss-reactive ketones (excluding diaryl/α,β-unsaturated/α-hetero) is 1. The van der Waals surface area contributed by atoms with Crippen molar-refractivity contribution in [3.8, 4) is 0 Å². The van der Waals surface area contributed by atoms with E-state index in [1.807, 2.05) is 19.1 Å². The van der Waals surface area contributed by atoms with Gasteiger partial charge in [-0.05, 0) is 54.8 Å². The number of hydrazine groups is 1. The first-order valence-electron chi connectivity index (χ1n) is 10.3. The zero-order chi connectivity index (χ0) is 23.9. The molecule has 0 saturated carbocycles. The van der Waals surface area contributed by atoms with Gasteiger partial charge in [0.2, 0.25) is 0 Å². The summed E-state index contributed by atoms with van der Waals surface area (Å²) in [5.74, 6) is -4.35. The highest BCUT2D eigenvalue weighted by Crippen LogP contribution is 2.39. The van der Waals surface area contributed by atoms with Crippen LogP contribution in [0.5, 0.6) is 0 Å². The molecule has 1 heterocycles. The van der Waals surface area contributed by atoms with Crippen molar-refractivity contribution in [3.63, 3.8) is 0 Å². The van der Waals surface area contributed by atoms with E-state index in [0.29, 0.717) is 6.42 Å². The van der Waals surface area contributed by atoms with Gasteiger partial charge in [0, 0.05) is 11.1 Å². The van der Waals surface area contributed by atoms with Gasteiger partial charge in [-0.25, -0.2) is 9.40 Å². The van der Waals surface area contributed by atoms with Crippen LogP contribution in [0.1, 0.15) is 34.1 Å². The predicted molar refractivity (Wildman–Crippen MR) is 120 cm³/mol. The van der Waals surface area contributed by atoms with Crippen LogP contribution in [0.2, 0.25) is 10.0 Å². The Morgan fingerprint density at radius 3 is 2.33 bits per heavy atom. The Morgan fingerprint density at radius 2 is 1.70 bits per heavy atom. The fourth-order valence-electron chi connectivity index (χ4n) is 4.24. The van der Waals surface area contributed by atoms with E-state index >= 15 is 0 Å². The first kappa shape index (κ1) is 23.1. The largest absolute Gasteiger partial charge is 0.292 e. The maximum absolute atomic E-state index is 13.4. The highest BCUT2D eigenvalue weighted by atomic mass is 35.5. The summed E-state index contributed by atoms with van der Waals surface area (Å²) in [6.07, 6.45) is 4.08. The molecule has 6 nitrogen and oxygen atoms in total. The van der Waals surface area contributed by atoms with E-state index in [9.17, 15) is 23.6 Å². The predicted octanol–water partition coefficient (Wildman–Crippen LogP) is 4.57. The number of halogens is 3. The molecule has 33 heavy (non-hydrogen) atoms. The molecule has 1 saturated heterocycles. The topological polar surface area (TPSA) is 74.8 Å². The van der Waals surface area contributed by atoms with Gasteiger partial charge < -0.3 is 0 Å². The first-order valence-corrected chi connectivity index (χ1v) is 11.0. The van der Waals surface area contributed by atoms with Gasteiger partial charge >= 0.3 is 0 Å². The molecule has 2 aromatic carbocycles. The van der Waals surface area contributed by atoms with Gasteiger partial charge in [-0.1, -0.05) is 42.3 Å². The van der Waals surface area contributed by atoms with Crippen LogP contribution < -0.4 is 0 Å². The van der Waals surface area contributed by atoms with Crippen LogP contribution in [0.3, 0.4) is 0 Å². The van der Waals surface area contributed by atoms with Crippen molar-refractivity contribution >= 4 is 46.7 Å². The van der Waals surface area contributed by atoms with Crippen LogP contribution in [0.4, 0.5) is 4.39 Å². The number of imide groups is 1. The first-order chi connectivity index (χ1) is 15.7. The molecule has 0 unspecified atom stereocenters. The number of carbonyl (C=O) groups excluding carboxylic acids is 4. The second-order valence-corrected chi connectivity index (χ2v) is 8.88. The van der Waals surface area contributed by atoms with Crippen molar-refractivity contribution in [2.75, 3.05) is 6.54 Å². The molecule has 0 N–H and O–H groups in total. The molecule has 3 atom stereocenters. The van der Waals surface area contributed by atoms with Crippen LogP contribution >= 0.6 is 23.2 Å². The highest BCUT2D eigenvalue weighted by Gasteiger charge is 2.53. The molecule has 1 aliphatic heterocycles. The minimum Gasteiger partial charge on any atom is -0.292 e. The Balaban J connectivity index is 1.72. The summed E-state index contributed by atoms with van der Waals surface area (Å²) in [5, 5.41) is 1.96. The van der Waals surface area contributed by atoms with Crippen LogP contribution in [0, 0.1) is 23.6 Å². The third-order valence-corrected chi connectivity index (χ3v) is 6.69. The fraction of sp³-hybridized carbons (Fsp3) is 0.250. The molecular weight excluding hydrogens is 470 g/mol. The van der Waals surface area contributed by atoms with E-state index < -0.39 is 47.7 Å². The number of fused-ring (bicyclic) bond motifs is 1. The fourth-order valence-corrected chi connectivity index (χ4v) is 4.54. The molecule has 1 fully saturated rings. The number of benzene rings is 2. The molecule has 3 amide bonds. The third kappa shape index (κ3) is 4.30. The summed E-state index contributed by atoms with van der Waals surface area (Å²) in [6, 6.07) is 8.91. The van der Waals surface area contributed by atoms with Gasteiger partial charge in [-0.15, -0.1) is 0 Å². The van der Waals surface area contributed by atoms with Gasteiger partial charge in [-0.2, -0.15) is 5.01 Å². The minimum atomic E-state index is -0.759. The Hall–Kier alpha value is -3.03. The number of nitrogens with zero attached hydrogens (tertiary/aromatic N) is 2. The van der Waals surface area contributed by atoms with E-state index in [2.05, 4.69) is 0 Å². The highest BCUT2D eigenvalue weighted by molar-refractivity contribution is 6.42. The average molecular weight is 489 g/mol. The number of carbonyl (C=O) groups is 4. The van der Waals surface area contributed by atoms with Crippen molar-refractivity contribution in [2.45, 2.75) is 13.3 Å². The Bertz CT molecular complexity index is 1180. The minimum absolute atomic E-state index is 0.0537. The number of amides is 3. The van der Waals surface area contributed by atoms with E-state index in [1.165, 1.54) is 30.3 Å². The lowest BCUT2D eigenvalue weighted by atomic mass is 9.78. The van der Waals surface area contributed by atoms with Crippen molar-refractivity contribution in [1.29, 1.82) is 0 Å². The van der Waals surface area contributed by atoms with E-state index in [0.717, 1.165) is 22.2 Å². The van der Waals surface area contributed by atoms with Crippen molar-refractivity contribution in [3.05, 3.63) is 81.6 Å². The molecule has 0 bridgehead atoms. The zero-order valence-electron chi connectivity index (χ0n) is 17.5. The molecule has 2 aromatic rings. The Labute approximate surface area is 199 Å². The van der Waals surface area contributed by atoms with Crippen LogP contribution in [0.25, 0.3) is 0 Å². The molecule has 170 valence electrons. The van der Waals surface area contributed by atoms with E-state index in [1.54, 1.807) is 0 Å². The van der Waals surface area contributed by atoms with Gasteiger partial charge in [-0.3, -0.25) is 19.2 Å². The van der Waals surface area contributed by atoms with Crippen LogP contribution in [-0.2, 0) is 9.59 Å². The Kier molecular flexibility index (Phi) is 6.36. The van der Waals surface area contributed by atoms with Gasteiger partial charge in [0.15, 0.2) is 5.78 Å². The summed E-state index contributed by atoms with van der Waals surface area (Å²) < 4.78 is 13.3. The van der Waals surface area contributed by atoms with Crippen molar-refractivity contribution in [1.82, 2.24) is 10.0 Å². The van der Waals surface area contributed by atoms with Gasteiger partial charge in [0.25, 0.3) is 17.7 Å². The Morgan fingerprint density at radius 1 is 1.03 bits per heavy atom. The summed E-state index contributed by atoms with van der Waals surface area (Å²) in [4.78, 5) is 52.9. The summed E-state index contributed by atoms with van der Waals surface area (Å²) in [5.41, 5.74) is 0.188. The summed E-state index contributed by atoms with van der Waals surface area (Å²) >= 11 is 12.0. The second-order valence-electron chi connectivity index (χ2n) is 8.07. The van der Waals surface area contributed by atoms with Gasteiger partial charge in [0.1, 0.15) is 12.4 Å². The normalized spacial score (nSPS) is 21.8. The lowest BCUT2D eigenvalue weighted by Gasteiger charge is -2.30. The monoisotopic (exact) mass is 488 g/mol. The smallest absolute Gasteiger partial charge is 0.273 e. The molecular formula is C24H19Cl2FN2O4. The summed E-state index contributed by atoms with van der Waals surface area (Å²) in [6.45, 7) is 1.24. The summed E-state index contributed by atoms with van der Waals surface area (Å²) in [7, 11) is 0. The second kappa shape index (κ2) is 9.08. The van der Waals surface area contributed by atoms with E-state index in [4.69, 9.17) is 23.2 Å².